The number of hydrogen-bond acceptors (Lipinski definition) is 3. The molecule has 0 aliphatic carbocycles. The highest BCUT2D eigenvalue weighted by atomic mass is 16.5. The second kappa shape index (κ2) is 6.60. The Bertz CT molecular complexity index is 480. The third kappa shape index (κ3) is 3.64. The number of amides is 1. The zero-order valence-electron chi connectivity index (χ0n) is 12.8. The Morgan fingerprint density at radius 1 is 1.43 bits per heavy atom. The molecule has 0 N–H and O–H groups in total. The number of hydrogen-bond donors (Lipinski definition) is 0. The van der Waals surface area contributed by atoms with E-state index >= 15 is 0 Å². The fourth-order valence-corrected chi connectivity index (χ4v) is 3.44. The molecule has 5 heteroatoms. The topological polar surface area (TPSA) is 47.4 Å². The van der Waals surface area contributed by atoms with E-state index in [1.54, 1.807) is 0 Å². The van der Waals surface area contributed by atoms with Crippen molar-refractivity contribution >= 4 is 5.91 Å². The van der Waals surface area contributed by atoms with Crippen molar-refractivity contribution in [3.05, 3.63) is 18.0 Å². The highest BCUT2D eigenvalue weighted by molar-refractivity contribution is 5.76. The van der Waals surface area contributed by atoms with Gasteiger partial charge in [-0.25, -0.2) is 0 Å². The van der Waals surface area contributed by atoms with Crippen molar-refractivity contribution in [2.24, 2.45) is 0 Å². The van der Waals surface area contributed by atoms with Crippen LogP contribution in [0.4, 0.5) is 0 Å². The molecule has 2 atom stereocenters. The molecule has 1 aromatic heterocycles. The Kier molecular flexibility index (Phi) is 4.58. The van der Waals surface area contributed by atoms with E-state index in [2.05, 4.69) is 10.00 Å². The van der Waals surface area contributed by atoms with Gasteiger partial charge in [-0.3, -0.25) is 9.48 Å². The minimum atomic E-state index is 0.289. The van der Waals surface area contributed by atoms with E-state index in [0.717, 1.165) is 51.8 Å². The van der Waals surface area contributed by atoms with Gasteiger partial charge in [-0.05, 0) is 44.6 Å². The molecule has 2 saturated heterocycles. The van der Waals surface area contributed by atoms with Crippen LogP contribution in [0.15, 0.2) is 12.4 Å². The zero-order valence-corrected chi connectivity index (χ0v) is 12.8. The molecule has 21 heavy (non-hydrogen) atoms. The summed E-state index contributed by atoms with van der Waals surface area (Å²) in [5.74, 6) is 0.289. The molecular weight excluding hydrogens is 266 g/mol. The summed E-state index contributed by atoms with van der Waals surface area (Å²) in [5, 5.41) is 4.34. The molecule has 0 saturated carbocycles. The maximum absolute atomic E-state index is 12.4. The first-order valence-corrected chi connectivity index (χ1v) is 8.12. The van der Waals surface area contributed by atoms with Gasteiger partial charge in [-0.2, -0.15) is 5.10 Å². The number of aryl methyl sites for hydroxylation is 1. The molecule has 0 unspecified atom stereocenters. The fraction of sp³-hybridized carbons (Fsp3) is 0.750. The van der Waals surface area contributed by atoms with E-state index in [9.17, 15) is 4.79 Å². The number of rotatable bonds is 5. The number of likely N-dealkylation sites (tertiary alicyclic amines) is 1. The van der Waals surface area contributed by atoms with E-state index in [1.165, 1.54) is 5.56 Å². The van der Waals surface area contributed by atoms with Crippen LogP contribution in [0.5, 0.6) is 0 Å². The van der Waals surface area contributed by atoms with E-state index in [0.29, 0.717) is 18.6 Å². The van der Waals surface area contributed by atoms with Crippen molar-refractivity contribution < 1.29 is 9.53 Å². The third-order valence-electron chi connectivity index (χ3n) is 4.56. The maximum Gasteiger partial charge on any atom is 0.222 e. The van der Waals surface area contributed by atoms with Gasteiger partial charge in [0.05, 0.1) is 24.9 Å². The molecule has 2 aliphatic heterocycles. The fourth-order valence-electron chi connectivity index (χ4n) is 3.44. The van der Waals surface area contributed by atoms with Gasteiger partial charge in [0.25, 0.3) is 0 Å². The monoisotopic (exact) mass is 291 g/mol. The molecule has 2 aliphatic rings. The lowest BCUT2D eigenvalue weighted by molar-refractivity contribution is -0.132. The number of carbonyl (C=O) groups is 1. The highest BCUT2D eigenvalue weighted by Gasteiger charge is 2.29. The summed E-state index contributed by atoms with van der Waals surface area (Å²) in [6.45, 7) is 4.63. The largest absolute Gasteiger partial charge is 0.378 e. The van der Waals surface area contributed by atoms with Crippen molar-refractivity contribution in [1.82, 2.24) is 14.7 Å². The van der Waals surface area contributed by atoms with E-state index in [-0.39, 0.29) is 5.91 Å². The maximum atomic E-state index is 12.4. The molecular formula is C16H25N3O2. The SMILES string of the molecule is Cc1cnn(C[C@H]2CCCN2C(=O)CC[C@@H]2CCCO2)c1. The molecule has 3 heterocycles. The lowest BCUT2D eigenvalue weighted by atomic mass is 10.1. The molecule has 0 bridgehead atoms. The summed E-state index contributed by atoms with van der Waals surface area (Å²) < 4.78 is 7.57. The molecule has 1 aromatic rings. The number of carbonyl (C=O) groups excluding carboxylic acids is 1. The van der Waals surface area contributed by atoms with Crippen LogP contribution in [0.25, 0.3) is 0 Å². The zero-order chi connectivity index (χ0) is 14.7. The van der Waals surface area contributed by atoms with Crippen LogP contribution in [-0.2, 0) is 16.1 Å². The third-order valence-corrected chi connectivity index (χ3v) is 4.56. The van der Waals surface area contributed by atoms with E-state index in [1.807, 2.05) is 24.0 Å². The summed E-state index contributed by atoms with van der Waals surface area (Å²) in [7, 11) is 0. The second-order valence-corrected chi connectivity index (χ2v) is 6.30. The van der Waals surface area contributed by atoms with Crippen molar-refractivity contribution in [3.8, 4) is 0 Å². The lowest BCUT2D eigenvalue weighted by Gasteiger charge is -2.25. The number of aromatic nitrogens is 2. The molecule has 0 spiro atoms. The minimum absolute atomic E-state index is 0.289. The first kappa shape index (κ1) is 14.6. The van der Waals surface area contributed by atoms with Crippen LogP contribution < -0.4 is 0 Å². The number of ether oxygens (including phenoxy) is 1. The molecule has 116 valence electrons. The summed E-state index contributed by atoms with van der Waals surface area (Å²) in [4.78, 5) is 14.5. The Hall–Kier alpha value is -1.36. The molecule has 0 aromatic carbocycles. The first-order valence-electron chi connectivity index (χ1n) is 8.12. The molecule has 3 rings (SSSR count). The molecule has 0 radical (unpaired) electrons. The van der Waals surface area contributed by atoms with Crippen LogP contribution in [0.1, 0.15) is 44.1 Å². The predicted molar refractivity (Wildman–Crippen MR) is 79.9 cm³/mol. The summed E-state index contributed by atoms with van der Waals surface area (Å²) >= 11 is 0. The van der Waals surface area contributed by atoms with Gasteiger partial charge < -0.3 is 9.64 Å². The Labute approximate surface area is 126 Å². The first-order chi connectivity index (χ1) is 10.2. The van der Waals surface area contributed by atoms with Crippen LogP contribution in [-0.4, -0.2) is 45.9 Å². The van der Waals surface area contributed by atoms with Gasteiger partial charge in [0, 0.05) is 25.8 Å². The van der Waals surface area contributed by atoms with Gasteiger partial charge in [0.2, 0.25) is 5.91 Å². The highest BCUT2D eigenvalue weighted by Crippen LogP contribution is 2.22. The van der Waals surface area contributed by atoms with Crippen molar-refractivity contribution in [2.75, 3.05) is 13.2 Å². The summed E-state index contributed by atoms with van der Waals surface area (Å²) in [6, 6.07) is 0.307. The Morgan fingerprint density at radius 2 is 2.33 bits per heavy atom. The Balaban J connectivity index is 1.51. The van der Waals surface area contributed by atoms with Gasteiger partial charge in [-0.1, -0.05) is 0 Å². The average Bonchev–Trinajstić information content (AvgIpc) is 3.19. The summed E-state index contributed by atoms with van der Waals surface area (Å²) in [5.41, 5.74) is 1.17. The standard InChI is InChI=1S/C16H25N3O2/c1-13-10-17-18(11-13)12-14-4-2-8-19(14)16(20)7-6-15-5-3-9-21-15/h10-11,14-15H,2-9,12H2,1H3/t14-,15+/m1/s1. The summed E-state index contributed by atoms with van der Waals surface area (Å²) in [6.07, 6.45) is 10.2. The molecule has 1 amide bonds. The minimum Gasteiger partial charge on any atom is -0.378 e. The van der Waals surface area contributed by atoms with E-state index < -0.39 is 0 Å². The van der Waals surface area contributed by atoms with E-state index in [4.69, 9.17) is 4.74 Å². The second-order valence-electron chi connectivity index (χ2n) is 6.30. The van der Waals surface area contributed by atoms with Gasteiger partial charge in [0.15, 0.2) is 0 Å². The van der Waals surface area contributed by atoms with Crippen molar-refractivity contribution in [2.45, 2.75) is 64.1 Å². The van der Waals surface area contributed by atoms with Gasteiger partial charge in [-0.15, -0.1) is 0 Å². The van der Waals surface area contributed by atoms with Crippen LogP contribution in [0.2, 0.25) is 0 Å². The Morgan fingerprint density at radius 3 is 3.05 bits per heavy atom. The van der Waals surface area contributed by atoms with Crippen LogP contribution >= 0.6 is 0 Å². The average molecular weight is 291 g/mol. The molecule has 2 fully saturated rings. The van der Waals surface area contributed by atoms with Crippen LogP contribution in [0.3, 0.4) is 0 Å². The van der Waals surface area contributed by atoms with Crippen molar-refractivity contribution in [3.63, 3.8) is 0 Å². The molecule has 5 nitrogen and oxygen atoms in total. The normalized spacial score (nSPS) is 25.7. The van der Waals surface area contributed by atoms with Gasteiger partial charge >= 0.3 is 0 Å². The van der Waals surface area contributed by atoms with Crippen molar-refractivity contribution in [1.29, 1.82) is 0 Å². The smallest absolute Gasteiger partial charge is 0.222 e. The lowest BCUT2D eigenvalue weighted by Crippen LogP contribution is -2.38. The quantitative estimate of drug-likeness (QED) is 0.835. The van der Waals surface area contributed by atoms with Gasteiger partial charge in [0.1, 0.15) is 0 Å². The van der Waals surface area contributed by atoms with Crippen LogP contribution in [0, 0.1) is 6.92 Å². The number of nitrogens with zero attached hydrogens (tertiary/aromatic N) is 3. The predicted octanol–water partition coefficient (Wildman–Crippen LogP) is 2.14.